The zero-order chi connectivity index (χ0) is 13.3. The molecule has 0 aromatic carbocycles. The molecule has 0 unspecified atom stereocenters. The number of carbonyl (C=O) groups is 1. The summed E-state index contributed by atoms with van der Waals surface area (Å²) in [5.74, 6) is 0.0755. The molecule has 0 bridgehead atoms. The molecule has 1 aliphatic heterocycles. The van der Waals surface area contributed by atoms with Crippen LogP contribution in [0.1, 0.15) is 33.6 Å². The van der Waals surface area contributed by atoms with Gasteiger partial charge in [-0.1, -0.05) is 26.5 Å². The Morgan fingerprint density at radius 1 is 1.29 bits per heavy atom. The highest BCUT2D eigenvalue weighted by molar-refractivity contribution is 5.93. The number of amides is 1. The van der Waals surface area contributed by atoms with Gasteiger partial charge in [-0.25, -0.2) is 0 Å². The van der Waals surface area contributed by atoms with Crippen LogP contribution >= 0.6 is 0 Å². The Hall–Kier alpha value is -1.51. The Morgan fingerprint density at radius 2 is 1.82 bits per heavy atom. The minimum absolute atomic E-state index is 0.0107. The molecule has 1 saturated heterocycles. The summed E-state index contributed by atoms with van der Waals surface area (Å²) in [6, 6.07) is 0. The summed E-state index contributed by atoms with van der Waals surface area (Å²) in [5.41, 5.74) is 0.563. The fourth-order valence-electron chi connectivity index (χ4n) is 1.62. The molecule has 1 heterocycles. The van der Waals surface area contributed by atoms with Gasteiger partial charge in [-0.15, -0.1) is 0 Å². The molecule has 0 spiro atoms. The van der Waals surface area contributed by atoms with Gasteiger partial charge < -0.3 is 10.0 Å². The first-order valence-electron chi connectivity index (χ1n) is 6.14. The third-order valence-corrected chi connectivity index (χ3v) is 2.38. The van der Waals surface area contributed by atoms with E-state index in [9.17, 15) is 9.90 Å². The molecule has 96 valence electrons. The molecule has 0 radical (unpaired) electrons. The molecule has 0 saturated carbocycles. The van der Waals surface area contributed by atoms with Crippen LogP contribution in [0.2, 0.25) is 0 Å². The first kappa shape index (κ1) is 15.5. The number of aliphatic hydroxyl groups excluding tert-OH is 1. The van der Waals surface area contributed by atoms with E-state index < -0.39 is 0 Å². The number of nitrogens with zero attached hydrogens (tertiary/aromatic N) is 1. The molecule has 1 aliphatic rings. The van der Waals surface area contributed by atoms with E-state index in [-0.39, 0.29) is 11.7 Å². The largest absolute Gasteiger partial charge is 0.508 e. The van der Waals surface area contributed by atoms with Crippen molar-refractivity contribution in [1.82, 2.24) is 4.90 Å². The Kier molecular flexibility index (Phi) is 7.85. The molecule has 3 nitrogen and oxygen atoms in total. The lowest BCUT2D eigenvalue weighted by molar-refractivity contribution is -0.126. The van der Waals surface area contributed by atoms with Crippen LogP contribution in [-0.4, -0.2) is 29.0 Å². The van der Waals surface area contributed by atoms with Gasteiger partial charge in [0, 0.05) is 18.7 Å². The van der Waals surface area contributed by atoms with E-state index in [1.807, 2.05) is 18.7 Å². The highest BCUT2D eigenvalue weighted by Gasteiger charge is 2.18. The molecule has 1 rings (SSSR count). The van der Waals surface area contributed by atoms with Crippen LogP contribution in [0.4, 0.5) is 0 Å². The third-order valence-electron chi connectivity index (χ3n) is 2.38. The molecule has 1 N–H and O–H groups in total. The Labute approximate surface area is 104 Å². The van der Waals surface area contributed by atoms with Gasteiger partial charge in [0.1, 0.15) is 5.76 Å². The number of aliphatic hydroxyl groups is 1. The lowest BCUT2D eigenvalue weighted by Crippen LogP contribution is -2.28. The first-order chi connectivity index (χ1) is 8.15. The second-order valence-electron chi connectivity index (χ2n) is 3.65. The Bertz CT molecular complexity index is 310. The second-order valence-corrected chi connectivity index (χ2v) is 3.65. The van der Waals surface area contributed by atoms with Crippen LogP contribution in [0, 0.1) is 0 Å². The van der Waals surface area contributed by atoms with Crippen molar-refractivity contribution in [2.24, 2.45) is 0 Å². The van der Waals surface area contributed by atoms with Gasteiger partial charge in [0.05, 0.1) is 0 Å². The lowest BCUT2D eigenvalue weighted by Gasteiger charge is -2.15. The molecule has 3 heteroatoms. The Morgan fingerprint density at radius 3 is 2.29 bits per heavy atom. The zero-order valence-corrected chi connectivity index (χ0v) is 11.1. The quantitative estimate of drug-likeness (QED) is 0.465. The van der Waals surface area contributed by atoms with Gasteiger partial charge in [-0.05, 0) is 31.9 Å². The van der Waals surface area contributed by atoms with Gasteiger partial charge in [0.2, 0.25) is 5.91 Å². The topological polar surface area (TPSA) is 40.5 Å². The molecule has 0 aromatic heterocycles. The van der Waals surface area contributed by atoms with Gasteiger partial charge in [-0.2, -0.15) is 0 Å². The smallest absolute Gasteiger partial charge is 0.249 e. The summed E-state index contributed by atoms with van der Waals surface area (Å²) in [6.45, 7) is 10.8. The summed E-state index contributed by atoms with van der Waals surface area (Å²) in [4.78, 5) is 13.6. The van der Waals surface area contributed by atoms with E-state index in [4.69, 9.17) is 0 Å². The minimum Gasteiger partial charge on any atom is -0.508 e. The van der Waals surface area contributed by atoms with Crippen molar-refractivity contribution in [2.75, 3.05) is 13.1 Å². The summed E-state index contributed by atoms with van der Waals surface area (Å²) in [6.07, 6.45) is 6.57. The summed E-state index contributed by atoms with van der Waals surface area (Å²) in [5, 5.41) is 9.35. The van der Waals surface area contributed by atoms with Crippen LogP contribution in [0.5, 0.6) is 0 Å². The number of hydrogen-bond donors (Lipinski definition) is 1. The average Bonchev–Trinajstić information content (AvgIpc) is 2.84. The number of rotatable bonds is 3. The third kappa shape index (κ3) is 5.38. The van der Waals surface area contributed by atoms with Crippen LogP contribution in [0.25, 0.3) is 0 Å². The predicted octanol–water partition coefficient (Wildman–Crippen LogP) is 3.21. The average molecular weight is 237 g/mol. The molecule has 0 atom stereocenters. The zero-order valence-electron chi connectivity index (χ0n) is 11.1. The second kappa shape index (κ2) is 8.62. The molecule has 1 amide bonds. The standard InChI is InChI=1S/C12H17NO2.C2H6/c1-3-6-11(14)9-10(2)12(15)13-7-4-5-8-13;1-2/h3,6,9,14H,1,4-5,7-8H2,2H3;1-2H3/b10-9+,11-6+;. The number of allylic oxidation sites excluding steroid dienone is 3. The monoisotopic (exact) mass is 237 g/mol. The van der Waals surface area contributed by atoms with Gasteiger partial charge in [0.15, 0.2) is 0 Å². The molecule has 0 aliphatic carbocycles. The van der Waals surface area contributed by atoms with E-state index in [1.165, 1.54) is 18.2 Å². The van der Waals surface area contributed by atoms with Crippen molar-refractivity contribution in [2.45, 2.75) is 33.6 Å². The highest BCUT2D eigenvalue weighted by Crippen LogP contribution is 2.12. The summed E-state index contributed by atoms with van der Waals surface area (Å²) < 4.78 is 0. The van der Waals surface area contributed by atoms with Crippen molar-refractivity contribution >= 4 is 5.91 Å². The number of carbonyl (C=O) groups excluding carboxylic acids is 1. The fourth-order valence-corrected chi connectivity index (χ4v) is 1.62. The van der Waals surface area contributed by atoms with Crippen LogP contribution in [0.15, 0.2) is 36.1 Å². The molecule has 17 heavy (non-hydrogen) atoms. The van der Waals surface area contributed by atoms with Gasteiger partial charge >= 0.3 is 0 Å². The lowest BCUT2D eigenvalue weighted by atomic mass is 10.2. The van der Waals surface area contributed by atoms with Gasteiger partial charge in [0.25, 0.3) is 0 Å². The predicted molar refractivity (Wildman–Crippen MR) is 71.8 cm³/mol. The SMILES string of the molecule is C=C/C=C(O)\C=C(/C)C(=O)N1CCCC1.CC. The number of hydrogen-bond acceptors (Lipinski definition) is 2. The maximum Gasteiger partial charge on any atom is 0.249 e. The van der Waals surface area contributed by atoms with Crippen molar-refractivity contribution in [3.63, 3.8) is 0 Å². The minimum atomic E-state index is 0.0107. The van der Waals surface area contributed by atoms with Crippen molar-refractivity contribution < 1.29 is 9.90 Å². The van der Waals surface area contributed by atoms with Gasteiger partial charge in [-0.3, -0.25) is 4.79 Å². The van der Waals surface area contributed by atoms with Crippen LogP contribution in [0.3, 0.4) is 0 Å². The fraction of sp³-hybridized carbons (Fsp3) is 0.500. The molecule has 0 aromatic rings. The Balaban J connectivity index is 0.00000121. The van der Waals surface area contributed by atoms with Crippen molar-refractivity contribution in [1.29, 1.82) is 0 Å². The van der Waals surface area contributed by atoms with Crippen molar-refractivity contribution in [3.05, 3.63) is 36.1 Å². The maximum atomic E-state index is 11.8. The van der Waals surface area contributed by atoms with E-state index in [0.29, 0.717) is 5.57 Å². The first-order valence-corrected chi connectivity index (χ1v) is 6.14. The van der Waals surface area contributed by atoms with E-state index in [0.717, 1.165) is 25.9 Å². The summed E-state index contributed by atoms with van der Waals surface area (Å²) in [7, 11) is 0. The normalized spacial score (nSPS) is 16.3. The summed E-state index contributed by atoms with van der Waals surface area (Å²) >= 11 is 0. The maximum absolute atomic E-state index is 11.8. The van der Waals surface area contributed by atoms with E-state index >= 15 is 0 Å². The molecule has 1 fully saturated rings. The van der Waals surface area contributed by atoms with Crippen LogP contribution < -0.4 is 0 Å². The highest BCUT2D eigenvalue weighted by atomic mass is 16.3. The molecular weight excluding hydrogens is 214 g/mol. The van der Waals surface area contributed by atoms with E-state index in [1.54, 1.807) is 6.92 Å². The van der Waals surface area contributed by atoms with Crippen molar-refractivity contribution in [3.8, 4) is 0 Å². The molecular formula is C14H23NO2. The van der Waals surface area contributed by atoms with Crippen LogP contribution in [-0.2, 0) is 4.79 Å². The number of likely N-dealkylation sites (tertiary alicyclic amines) is 1. The van der Waals surface area contributed by atoms with E-state index in [2.05, 4.69) is 6.58 Å².